The van der Waals surface area contributed by atoms with Gasteiger partial charge in [-0.25, -0.2) is 4.99 Å². The Morgan fingerprint density at radius 2 is 2.10 bits per heavy atom. The summed E-state index contributed by atoms with van der Waals surface area (Å²) in [6.07, 6.45) is 1.08. The van der Waals surface area contributed by atoms with Gasteiger partial charge in [0.25, 0.3) is 0 Å². The number of ether oxygens (including phenoxy) is 2. The minimum atomic E-state index is 0. The second kappa shape index (κ2) is 12.4. The number of thiophene rings is 1. The first-order chi connectivity index (χ1) is 13.6. The summed E-state index contributed by atoms with van der Waals surface area (Å²) in [7, 11) is 0. The highest BCUT2D eigenvalue weighted by atomic mass is 127. The SMILES string of the molecule is CCNC(=NCc1ccc(C)cc1OCC1CCOC1)NCc1ccc(C)s1.I. The van der Waals surface area contributed by atoms with E-state index in [1.165, 1.54) is 15.3 Å². The average molecular weight is 529 g/mol. The molecule has 0 radical (unpaired) electrons. The van der Waals surface area contributed by atoms with Crippen molar-refractivity contribution in [1.82, 2.24) is 10.6 Å². The summed E-state index contributed by atoms with van der Waals surface area (Å²) in [5.74, 6) is 2.25. The zero-order valence-electron chi connectivity index (χ0n) is 17.5. The fourth-order valence-electron chi connectivity index (χ4n) is 3.11. The van der Waals surface area contributed by atoms with Gasteiger partial charge in [0.15, 0.2) is 5.96 Å². The summed E-state index contributed by atoms with van der Waals surface area (Å²) in [5, 5.41) is 6.74. The van der Waals surface area contributed by atoms with Crippen LogP contribution >= 0.6 is 35.3 Å². The fraction of sp³-hybridized carbons (Fsp3) is 0.500. The number of guanidine groups is 1. The molecule has 1 fully saturated rings. The lowest BCUT2D eigenvalue weighted by Crippen LogP contribution is -2.36. The number of hydrogen-bond acceptors (Lipinski definition) is 4. The number of rotatable bonds is 8. The molecule has 0 saturated carbocycles. The molecule has 0 spiro atoms. The van der Waals surface area contributed by atoms with Gasteiger partial charge in [-0.05, 0) is 51.0 Å². The van der Waals surface area contributed by atoms with E-state index in [2.05, 4.69) is 61.7 Å². The smallest absolute Gasteiger partial charge is 0.191 e. The molecule has 1 saturated heterocycles. The van der Waals surface area contributed by atoms with Crippen LogP contribution in [0, 0.1) is 19.8 Å². The summed E-state index contributed by atoms with van der Waals surface area (Å²) in [5.41, 5.74) is 2.30. The molecule has 2 aromatic rings. The van der Waals surface area contributed by atoms with Crippen molar-refractivity contribution in [3.05, 3.63) is 51.2 Å². The summed E-state index contributed by atoms with van der Waals surface area (Å²) in [6.45, 7) is 10.8. The van der Waals surface area contributed by atoms with Crippen LogP contribution in [0.4, 0.5) is 0 Å². The number of halogens is 1. The predicted octanol–water partition coefficient (Wildman–Crippen LogP) is 4.65. The van der Waals surface area contributed by atoms with E-state index in [1.807, 2.05) is 11.3 Å². The molecule has 1 unspecified atom stereocenters. The minimum absolute atomic E-state index is 0. The summed E-state index contributed by atoms with van der Waals surface area (Å²) in [4.78, 5) is 7.40. The zero-order valence-corrected chi connectivity index (χ0v) is 20.6. The third-order valence-electron chi connectivity index (χ3n) is 4.70. The van der Waals surface area contributed by atoms with Crippen molar-refractivity contribution < 1.29 is 9.47 Å². The molecule has 29 heavy (non-hydrogen) atoms. The van der Waals surface area contributed by atoms with Crippen molar-refractivity contribution in [3.8, 4) is 5.75 Å². The van der Waals surface area contributed by atoms with Crippen molar-refractivity contribution in [1.29, 1.82) is 0 Å². The van der Waals surface area contributed by atoms with E-state index in [0.717, 1.165) is 50.0 Å². The summed E-state index contributed by atoms with van der Waals surface area (Å²) < 4.78 is 11.6. The van der Waals surface area contributed by atoms with Crippen LogP contribution in [0.2, 0.25) is 0 Å². The van der Waals surface area contributed by atoms with E-state index in [0.29, 0.717) is 19.1 Å². The molecule has 0 bridgehead atoms. The number of nitrogens with one attached hydrogen (secondary N) is 2. The van der Waals surface area contributed by atoms with E-state index in [4.69, 9.17) is 14.5 Å². The van der Waals surface area contributed by atoms with Crippen LogP contribution < -0.4 is 15.4 Å². The summed E-state index contributed by atoms with van der Waals surface area (Å²) in [6, 6.07) is 10.7. The molecule has 1 aromatic heterocycles. The second-order valence-corrected chi connectivity index (χ2v) is 8.59. The van der Waals surface area contributed by atoms with Crippen LogP contribution in [-0.2, 0) is 17.8 Å². The quantitative estimate of drug-likeness (QED) is 0.297. The monoisotopic (exact) mass is 529 g/mol. The highest BCUT2D eigenvalue weighted by Gasteiger charge is 2.17. The molecule has 160 valence electrons. The number of hydrogen-bond donors (Lipinski definition) is 2. The van der Waals surface area contributed by atoms with Crippen molar-refractivity contribution in [2.24, 2.45) is 10.9 Å². The van der Waals surface area contributed by atoms with E-state index in [9.17, 15) is 0 Å². The van der Waals surface area contributed by atoms with Gasteiger partial charge in [-0.3, -0.25) is 0 Å². The maximum absolute atomic E-state index is 6.14. The standard InChI is InChI=1S/C22H31N3O2S.HI/c1-4-23-22(25-13-20-8-6-17(3)28-20)24-12-19-7-5-16(2)11-21(19)27-15-18-9-10-26-14-18;/h5-8,11,18H,4,9-10,12-15H2,1-3H3,(H2,23,24,25);1H. The number of nitrogens with zero attached hydrogens (tertiary/aromatic N) is 1. The van der Waals surface area contributed by atoms with Crippen LogP contribution in [0.5, 0.6) is 5.75 Å². The van der Waals surface area contributed by atoms with Gasteiger partial charge in [-0.1, -0.05) is 12.1 Å². The molecule has 2 N–H and O–H groups in total. The normalized spacial score (nSPS) is 16.4. The van der Waals surface area contributed by atoms with Gasteiger partial charge in [0.2, 0.25) is 0 Å². The van der Waals surface area contributed by atoms with E-state index in [1.54, 1.807) is 0 Å². The topological polar surface area (TPSA) is 54.9 Å². The molecular weight excluding hydrogens is 497 g/mol. The Balaban J connectivity index is 0.00000300. The van der Waals surface area contributed by atoms with Crippen molar-refractivity contribution in [3.63, 3.8) is 0 Å². The largest absolute Gasteiger partial charge is 0.493 e. The summed E-state index contributed by atoms with van der Waals surface area (Å²) >= 11 is 1.81. The Morgan fingerprint density at radius 3 is 2.79 bits per heavy atom. The molecular formula is C22H32IN3O2S. The van der Waals surface area contributed by atoms with E-state index < -0.39 is 0 Å². The van der Waals surface area contributed by atoms with Gasteiger partial charge in [0.05, 0.1) is 26.3 Å². The van der Waals surface area contributed by atoms with Crippen LogP contribution in [0.3, 0.4) is 0 Å². The maximum Gasteiger partial charge on any atom is 0.191 e. The van der Waals surface area contributed by atoms with E-state index >= 15 is 0 Å². The molecule has 0 amide bonds. The second-order valence-electron chi connectivity index (χ2n) is 7.21. The molecule has 5 nitrogen and oxygen atoms in total. The molecule has 1 atom stereocenters. The van der Waals surface area contributed by atoms with Gasteiger partial charge in [-0.15, -0.1) is 35.3 Å². The van der Waals surface area contributed by atoms with Gasteiger partial charge in [-0.2, -0.15) is 0 Å². The molecule has 7 heteroatoms. The third-order valence-corrected chi connectivity index (χ3v) is 5.70. The zero-order chi connectivity index (χ0) is 19.8. The Kier molecular flexibility index (Phi) is 10.2. The van der Waals surface area contributed by atoms with E-state index in [-0.39, 0.29) is 24.0 Å². The van der Waals surface area contributed by atoms with Crippen LogP contribution in [-0.4, -0.2) is 32.3 Å². The van der Waals surface area contributed by atoms with Gasteiger partial charge < -0.3 is 20.1 Å². The molecule has 1 aromatic carbocycles. The first-order valence-electron chi connectivity index (χ1n) is 10.0. The molecule has 1 aliphatic rings. The maximum atomic E-state index is 6.14. The number of aryl methyl sites for hydroxylation is 2. The average Bonchev–Trinajstić information content (AvgIpc) is 3.35. The Bertz CT molecular complexity index is 788. The molecule has 1 aliphatic heterocycles. The Morgan fingerprint density at radius 1 is 1.24 bits per heavy atom. The first kappa shape index (κ1) is 24.0. The lowest BCUT2D eigenvalue weighted by Gasteiger charge is -2.15. The van der Waals surface area contributed by atoms with Gasteiger partial charge in [0.1, 0.15) is 5.75 Å². The number of benzene rings is 1. The Hall–Kier alpha value is -1.32. The lowest BCUT2D eigenvalue weighted by molar-refractivity contribution is 0.166. The van der Waals surface area contributed by atoms with Gasteiger partial charge in [0, 0.05) is 34.4 Å². The van der Waals surface area contributed by atoms with Crippen molar-refractivity contribution in [2.45, 2.75) is 40.3 Å². The minimum Gasteiger partial charge on any atom is -0.493 e. The third kappa shape index (κ3) is 7.79. The van der Waals surface area contributed by atoms with Crippen LogP contribution in [0.25, 0.3) is 0 Å². The predicted molar refractivity (Wildman–Crippen MR) is 132 cm³/mol. The highest BCUT2D eigenvalue weighted by molar-refractivity contribution is 14.0. The van der Waals surface area contributed by atoms with Crippen molar-refractivity contribution in [2.75, 3.05) is 26.4 Å². The van der Waals surface area contributed by atoms with Crippen molar-refractivity contribution >= 4 is 41.3 Å². The molecule has 3 rings (SSSR count). The first-order valence-corrected chi connectivity index (χ1v) is 10.8. The highest BCUT2D eigenvalue weighted by Crippen LogP contribution is 2.23. The Labute approximate surface area is 195 Å². The lowest BCUT2D eigenvalue weighted by atomic mass is 10.1. The molecule has 0 aliphatic carbocycles. The fourth-order valence-corrected chi connectivity index (χ4v) is 3.94. The van der Waals surface area contributed by atoms with Gasteiger partial charge >= 0.3 is 0 Å². The molecule has 2 heterocycles. The van der Waals surface area contributed by atoms with Crippen LogP contribution in [0.1, 0.15) is 34.2 Å². The number of aliphatic imine (C=N–C) groups is 1. The van der Waals surface area contributed by atoms with Crippen LogP contribution in [0.15, 0.2) is 35.3 Å².